The third kappa shape index (κ3) is 5.37. The van der Waals surface area contributed by atoms with Crippen LogP contribution in [0.4, 0.5) is 0 Å². The van der Waals surface area contributed by atoms with Crippen molar-refractivity contribution in [3.8, 4) is 16.9 Å². The molecule has 7 heteroatoms. The molecule has 0 saturated carbocycles. The van der Waals surface area contributed by atoms with Gasteiger partial charge in [-0.05, 0) is 49.6 Å². The molecule has 214 valence electrons. The zero-order valence-corrected chi connectivity index (χ0v) is 24.1. The lowest BCUT2D eigenvalue weighted by Gasteiger charge is -2.13. The molecule has 1 aliphatic heterocycles. The summed E-state index contributed by atoms with van der Waals surface area (Å²) in [4.78, 5) is 0. The smallest absolute Gasteiger partial charge is 0.127 e. The van der Waals surface area contributed by atoms with Crippen molar-refractivity contribution in [3.63, 3.8) is 0 Å². The van der Waals surface area contributed by atoms with Crippen LogP contribution in [0.25, 0.3) is 32.8 Å². The minimum atomic E-state index is -0.00413. The van der Waals surface area contributed by atoms with E-state index in [9.17, 15) is 5.11 Å². The molecule has 0 saturated heterocycles. The Bertz CT molecular complexity index is 1650. The zero-order valence-electron chi connectivity index (χ0n) is 24.1. The summed E-state index contributed by atoms with van der Waals surface area (Å²) in [5.41, 5.74) is 7.54. The highest BCUT2D eigenvalue weighted by Gasteiger charge is 2.25. The third-order valence-electron chi connectivity index (χ3n) is 8.14. The van der Waals surface area contributed by atoms with Gasteiger partial charge in [-0.15, -0.1) is 0 Å². The number of ether oxygens (including phenoxy) is 3. The lowest BCUT2D eigenvalue weighted by atomic mass is 9.98. The van der Waals surface area contributed by atoms with Gasteiger partial charge in [-0.2, -0.15) is 5.10 Å². The molecular weight excluding hydrogens is 514 g/mol. The van der Waals surface area contributed by atoms with Crippen LogP contribution in [0, 0.1) is 0 Å². The van der Waals surface area contributed by atoms with Crippen LogP contribution in [0.2, 0.25) is 0 Å². The van der Waals surface area contributed by atoms with Crippen molar-refractivity contribution in [1.82, 2.24) is 14.3 Å². The molecule has 0 radical (unpaired) electrons. The van der Waals surface area contributed by atoms with Crippen LogP contribution in [0.5, 0.6) is 5.75 Å². The number of aliphatic hydroxyl groups excluding tert-OH is 1. The van der Waals surface area contributed by atoms with E-state index >= 15 is 0 Å². The van der Waals surface area contributed by atoms with E-state index in [0.717, 1.165) is 77.1 Å². The highest BCUT2D eigenvalue weighted by Crippen LogP contribution is 2.39. The molecule has 0 unspecified atom stereocenters. The molecular formula is C34H39N3O4. The normalized spacial score (nSPS) is 13.8. The highest BCUT2D eigenvalue weighted by atomic mass is 16.5. The van der Waals surface area contributed by atoms with Crippen molar-refractivity contribution in [3.05, 3.63) is 83.3 Å². The first kappa shape index (κ1) is 27.5. The number of hydrogen-bond donors (Lipinski definition) is 1. The number of fused-ring (bicyclic) bond motifs is 3. The molecule has 5 aromatic rings. The second kappa shape index (κ2) is 12.5. The van der Waals surface area contributed by atoms with Gasteiger partial charge in [0.1, 0.15) is 5.75 Å². The molecule has 0 amide bonds. The van der Waals surface area contributed by atoms with E-state index in [0.29, 0.717) is 33.0 Å². The summed E-state index contributed by atoms with van der Waals surface area (Å²) in [6.45, 7) is 5.71. The maximum absolute atomic E-state index is 10.7. The molecule has 7 nitrogen and oxygen atoms in total. The third-order valence-corrected chi connectivity index (χ3v) is 8.14. The van der Waals surface area contributed by atoms with Gasteiger partial charge in [0.25, 0.3) is 0 Å². The van der Waals surface area contributed by atoms with Crippen molar-refractivity contribution < 1.29 is 19.3 Å². The quantitative estimate of drug-likeness (QED) is 0.210. The fraction of sp³-hybridized carbons (Fsp3) is 0.382. The van der Waals surface area contributed by atoms with E-state index in [1.165, 1.54) is 16.3 Å². The predicted octanol–water partition coefficient (Wildman–Crippen LogP) is 6.55. The number of nitrogens with zero attached hydrogens (tertiary/aromatic N) is 3. The lowest BCUT2D eigenvalue weighted by Crippen LogP contribution is -2.07. The second-order valence-electron chi connectivity index (χ2n) is 10.7. The van der Waals surface area contributed by atoms with Crippen LogP contribution in [0.3, 0.4) is 0 Å². The number of rotatable bonds is 9. The standard InChI is InChI=1S/C34H39N3O4/c1-3-39-22-29-33-28-15-9-14-27-26(16-10-20-41-32-17-8-12-24-11-4-5-13-25(24)32)30(21-38)37(34(27)28)18-6-7-19-40-23-31(33)36(2)35-29/h4-5,8-9,11-15,17,38H,3,6-7,10,16,18-23H2,1-2H3. The fourth-order valence-electron chi connectivity index (χ4n) is 6.23. The van der Waals surface area contributed by atoms with Gasteiger partial charge in [-0.1, -0.05) is 54.6 Å². The number of aromatic nitrogens is 3. The van der Waals surface area contributed by atoms with Gasteiger partial charge in [0.15, 0.2) is 0 Å². The summed E-state index contributed by atoms with van der Waals surface area (Å²) in [5.74, 6) is 0.915. The van der Waals surface area contributed by atoms with Crippen LogP contribution in [-0.2, 0) is 49.3 Å². The van der Waals surface area contributed by atoms with Gasteiger partial charge in [0, 0.05) is 54.4 Å². The molecule has 1 aliphatic rings. The summed E-state index contributed by atoms with van der Waals surface area (Å²) in [6.07, 6.45) is 3.61. The lowest BCUT2D eigenvalue weighted by molar-refractivity contribution is 0.112. The average molecular weight is 554 g/mol. The van der Waals surface area contributed by atoms with Crippen LogP contribution >= 0.6 is 0 Å². The number of hydrogen-bond acceptors (Lipinski definition) is 5. The Kier molecular flexibility index (Phi) is 8.37. The Balaban J connectivity index is 1.38. The zero-order chi connectivity index (χ0) is 28.2. The van der Waals surface area contributed by atoms with Gasteiger partial charge in [0.05, 0.1) is 43.3 Å². The van der Waals surface area contributed by atoms with E-state index in [1.54, 1.807) is 0 Å². The molecule has 1 N–H and O–H groups in total. The molecule has 6 rings (SSSR count). The monoisotopic (exact) mass is 553 g/mol. The van der Waals surface area contributed by atoms with Gasteiger partial charge in [0.2, 0.25) is 0 Å². The van der Waals surface area contributed by atoms with Gasteiger partial charge >= 0.3 is 0 Å². The maximum atomic E-state index is 10.7. The predicted molar refractivity (Wildman–Crippen MR) is 162 cm³/mol. The van der Waals surface area contributed by atoms with E-state index in [-0.39, 0.29) is 6.61 Å². The van der Waals surface area contributed by atoms with Gasteiger partial charge in [-0.25, -0.2) is 0 Å². The topological polar surface area (TPSA) is 70.7 Å². The van der Waals surface area contributed by atoms with Crippen molar-refractivity contribution in [2.45, 2.75) is 59.0 Å². The molecule has 2 aromatic heterocycles. The molecule has 0 spiro atoms. The summed E-state index contributed by atoms with van der Waals surface area (Å²) >= 11 is 0. The molecule has 3 aromatic carbocycles. The van der Waals surface area contributed by atoms with Crippen molar-refractivity contribution in [2.24, 2.45) is 7.05 Å². The minimum Gasteiger partial charge on any atom is -0.493 e. The summed E-state index contributed by atoms with van der Waals surface area (Å²) in [6, 6.07) is 21.0. The largest absolute Gasteiger partial charge is 0.493 e. The Labute approximate surface area is 241 Å². The molecule has 41 heavy (non-hydrogen) atoms. The molecule has 0 aliphatic carbocycles. The van der Waals surface area contributed by atoms with Crippen LogP contribution in [0.1, 0.15) is 48.8 Å². The van der Waals surface area contributed by atoms with E-state index < -0.39 is 0 Å². The Morgan fingerprint density at radius 3 is 2.71 bits per heavy atom. The summed E-state index contributed by atoms with van der Waals surface area (Å²) in [5, 5.41) is 19.1. The van der Waals surface area contributed by atoms with Crippen molar-refractivity contribution in [1.29, 1.82) is 0 Å². The maximum Gasteiger partial charge on any atom is 0.127 e. The van der Waals surface area contributed by atoms with Crippen LogP contribution in [-0.4, -0.2) is 39.3 Å². The number of para-hydroxylation sites is 1. The average Bonchev–Trinajstić information content (AvgIpc) is 3.47. The first-order valence-corrected chi connectivity index (χ1v) is 14.8. The highest BCUT2D eigenvalue weighted by molar-refractivity contribution is 5.98. The molecule has 0 atom stereocenters. The minimum absolute atomic E-state index is 0.00413. The number of benzene rings is 3. The first-order valence-electron chi connectivity index (χ1n) is 14.8. The fourth-order valence-corrected chi connectivity index (χ4v) is 6.23. The molecule has 0 fully saturated rings. The van der Waals surface area contributed by atoms with E-state index in [2.05, 4.69) is 47.0 Å². The van der Waals surface area contributed by atoms with E-state index in [1.807, 2.05) is 36.9 Å². The second-order valence-corrected chi connectivity index (χ2v) is 10.7. The van der Waals surface area contributed by atoms with Gasteiger partial charge < -0.3 is 23.9 Å². The Hall–Kier alpha value is -3.65. The van der Waals surface area contributed by atoms with Crippen molar-refractivity contribution >= 4 is 21.7 Å². The first-order chi connectivity index (χ1) is 20.2. The SMILES string of the molecule is CCOCc1nn(C)c2c1-c1cccc3c(CCCOc4cccc5ccccc45)c(CO)n(c13)CCCCOC2. The molecule has 0 bridgehead atoms. The number of aliphatic hydroxyl groups is 1. The molecule has 3 heterocycles. The summed E-state index contributed by atoms with van der Waals surface area (Å²) in [7, 11) is 1.98. The Morgan fingerprint density at radius 2 is 1.83 bits per heavy atom. The van der Waals surface area contributed by atoms with Gasteiger partial charge in [-0.3, -0.25) is 4.68 Å². The van der Waals surface area contributed by atoms with Crippen LogP contribution in [0.15, 0.2) is 60.7 Å². The summed E-state index contributed by atoms with van der Waals surface area (Å²) < 4.78 is 22.5. The Morgan fingerprint density at radius 1 is 1.00 bits per heavy atom. The van der Waals surface area contributed by atoms with Crippen LogP contribution < -0.4 is 4.74 Å². The number of aryl methyl sites for hydroxylation is 3. The van der Waals surface area contributed by atoms with E-state index in [4.69, 9.17) is 19.3 Å². The van der Waals surface area contributed by atoms with Crippen molar-refractivity contribution in [2.75, 3.05) is 19.8 Å².